The number of hydrogen-bond acceptors (Lipinski definition) is 3. The molecule has 1 fully saturated rings. The Labute approximate surface area is 83.9 Å². The Kier molecular flexibility index (Phi) is 4.86. The van der Waals surface area contributed by atoms with Crippen LogP contribution in [0.2, 0.25) is 0 Å². The van der Waals surface area contributed by atoms with Crippen LogP contribution in [-0.4, -0.2) is 57.0 Å². The fourth-order valence-electron chi connectivity index (χ4n) is 1.89. The number of rotatable bonds is 5. The minimum absolute atomic E-state index is 0.157. The molecule has 14 heavy (non-hydrogen) atoms. The van der Waals surface area contributed by atoms with Gasteiger partial charge in [-0.05, 0) is 0 Å². The van der Waals surface area contributed by atoms with Crippen molar-refractivity contribution in [1.29, 1.82) is 0 Å². The lowest BCUT2D eigenvalue weighted by molar-refractivity contribution is -1.01. The van der Waals surface area contributed by atoms with E-state index in [1.165, 1.54) is 9.80 Å². The zero-order chi connectivity index (χ0) is 10.4. The molecule has 1 aliphatic heterocycles. The molecule has 1 aliphatic rings. The minimum atomic E-state index is -0.956. The number of quaternary nitrogens is 2. The first-order chi connectivity index (χ1) is 6.72. The summed E-state index contributed by atoms with van der Waals surface area (Å²) in [7, 11) is 0. The summed E-state index contributed by atoms with van der Waals surface area (Å²) in [4.78, 5) is 13.0. The monoisotopic (exact) mass is 203 g/mol. The number of aliphatic hydroxyl groups is 1. The summed E-state index contributed by atoms with van der Waals surface area (Å²) in [6.07, 6.45) is 0.157. The highest BCUT2D eigenvalue weighted by atomic mass is 16.4. The molecule has 3 N–H and O–H groups in total. The van der Waals surface area contributed by atoms with Crippen LogP contribution in [0.15, 0.2) is 0 Å². The molecule has 1 heterocycles. The van der Waals surface area contributed by atoms with Crippen LogP contribution < -0.4 is 14.9 Å². The van der Waals surface area contributed by atoms with E-state index in [9.17, 15) is 9.90 Å². The number of aliphatic carboxylic acids is 1. The maximum absolute atomic E-state index is 10.2. The van der Waals surface area contributed by atoms with E-state index in [4.69, 9.17) is 5.11 Å². The molecule has 0 bridgehead atoms. The Bertz CT molecular complexity index is 179. The molecular weight excluding hydrogens is 184 g/mol. The first-order valence-corrected chi connectivity index (χ1v) is 5.20. The van der Waals surface area contributed by atoms with Crippen LogP contribution in [0.1, 0.15) is 6.42 Å². The van der Waals surface area contributed by atoms with E-state index >= 15 is 0 Å². The predicted octanol–water partition coefficient (Wildman–Crippen LogP) is -5.10. The zero-order valence-corrected chi connectivity index (χ0v) is 8.42. The SMILES string of the molecule is O=C([O-])CC[NH+]1CC[NH+](CCO)CC1. The van der Waals surface area contributed by atoms with Crippen LogP contribution in [0.5, 0.6) is 0 Å². The van der Waals surface area contributed by atoms with E-state index in [1.807, 2.05) is 0 Å². The molecule has 0 saturated carbocycles. The molecule has 0 aromatic rings. The molecule has 0 atom stereocenters. The first kappa shape index (κ1) is 11.4. The largest absolute Gasteiger partial charge is 0.550 e. The number of carbonyl (C=O) groups is 1. The fourth-order valence-corrected chi connectivity index (χ4v) is 1.89. The van der Waals surface area contributed by atoms with Crippen molar-refractivity contribution in [3.63, 3.8) is 0 Å². The van der Waals surface area contributed by atoms with Crippen LogP contribution in [0.25, 0.3) is 0 Å². The summed E-state index contributed by atoms with van der Waals surface area (Å²) in [6.45, 7) is 5.79. The van der Waals surface area contributed by atoms with Gasteiger partial charge in [0.1, 0.15) is 32.7 Å². The molecule has 1 rings (SSSR count). The van der Waals surface area contributed by atoms with Gasteiger partial charge in [0.05, 0.1) is 13.2 Å². The van der Waals surface area contributed by atoms with E-state index in [-0.39, 0.29) is 13.0 Å². The summed E-state index contributed by atoms with van der Waals surface area (Å²) >= 11 is 0. The average Bonchev–Trinajstić information content (AvgIpc) is 2.17. The highest BCUT2D eigenvalue weighted by Gasteiger charge is 2.21. The second-order valence-electron chi connectivity index (χ2n) is 3.85. The highest BCUT2D eigenvalue weighted by molar-refractivity contribution is 5.64. The highest BCUT2D eigenvalue weighted by Crippen LogP contribution is 1.68. The molecule has 0 spiro atoms. The summed E-state index contributed by atoms with van der Waals surface area (Å²) in [5.74, 6) is -0.956. The van der Waals surface area contributed by atoms with Gasteiger partial charge in [0.15, 0.2) is 0 Å². The first-order valence-electron chi connectivity index (χ1n) is 5.20. The third kappa shape index (κ3) is 4.04. The van der Waals surface area contributed by atoms with Gasteiger partial charge in [-0.2, -0.15) is 0 Å². The van der Waals surface area contributed by atoms with Crippen molar-refractivity contribution in [2.75, 3.05) is 45.9 Å². The third-order valence-electron chi connectivity index (χ3n) is 2.81. The number of carbonyl (C=O) groups excluding carboxylic acids is 1. The van der Waals surface area contributed by atoms with Crippen LogP contribution in [-0.2, 0) is 4.79 Å². The van der Waals surface area contributed by atoms with Crippen molar-refractivity contribution in [2.24, 2.45) is 0 Å². The van der Waals surface area contributed by atoms with Crippen LogP contribution >= 0.6 is 0 Å². The standard InChI is InChI=1S/C9H18N2O3/c12-8-7-11-5-3-10(4-6-11)2-1-9(13)14/h12H,1-8H2,(H,13,14)/p+1. The molecule has 0 aromatic carbocycles. The molecule has 1 saturated heterocycles. The van der Waals surface area contributed by atoms with Crippen molar-refractivity contribution in [2.45, 2.75) is 6.42 Å². The van der Waals surface area contributed by atoms with Gasteiger partial charge < -0.3 is 24.8 Å². The van der Waals surface area contributed by atoms with Crippen molar-refractivity contribution in [3.8, 4) is 0 Å². The molecule has 82 valence electrons. The zero-order valence-electron chi connectivity index (χ0n) is 8.42. The Balaban J connectivity index is 2.12. The van der Waals surface area contributed by atoms with Gasteiger partial charge in [-0.3, -0.25) is 0 Å². The molecule has 0 aromatic heterocycles. The average molecular weight is 203 g/mol. The molecule has 0 radical (unpaired) electrons. The lowest BCUT2D eigenvalue weighted by Gasteiger charge is -2.29. The van der Waals surface area contributed by atoms with E-state index in [1.54, 1.807) is 0 Å². The molecule has 0 unspecified atom stereocenters. The number of carboxylic acids is 1. The lowest BCUT2D eigenvalue weighted by atomic mass is 10.3. The van der Waals surface area contributed by atoms with Crippen LogP contribution in [0.4, 0.5) is 0 Å². The van der Waals surface area contributed by atoms with Gasteiger partial charge in [0.25, 0.3) is 0 Å². The molecule has 0 aliphatic carbocycles. The number of aliphatic hydroxyl groups excluding tert-OH is 1. The summed E-state index contributed by atoms with van der Waals surface area (Å²) in [5, 5.41) is 19.0. The Hall–Kier alpha value is -0.650. The van der Waals surface area contributed by atoms with E-state index in [0.29, 0.717) is 6.54 Å². The molecule has 5 nitrogen and oxygen atoms in total. The quantitative estimate of drug-likeness (QED) is 0.419. The topological polar surface area (TPSA) is 69.2 Å². The molecule has 0 amide bonds. The normalized spacial score (nSPS) is 27.5. The molecule has 5 heteroatoms. The van der Waals surface area contributed by atoms with Crippen LogP contribution in [0.3, 0.4) is 0 Å². The minimum Gasteiger partial charge on any atom is -0.550 e. The Morgan fingerprint density at radius 2 is 1.64 bits per heavy atom. The second-order valence-corrected chi connectivity index (χ2v) is 3.85. The maximum Gasteiger partial charge on any atom is 0.127 e. The van der Waals surface area contributed by atoms with Gasteiger partial charge in [0, 0.05) is 12.4 Å². The second kappa shape index (κ2) is 5.95. The van der Waals surface area contributed by atoms with Gasteiger partial charge in [-0.25, -0.2) is 0 Å². The Morgan fingerprint density at radius 3 is 2.07 bits per heavy atom. The van der Waals surface area contributed by atoms with Gasteiger partial charge in [0.2, 0.25) is 0 Å². The smallest absolute Gasteiger partial charge is 0.127 e. The van der Waals surface area contributed by atoms with E-state index in [0.717, 1.165) is 32.7 Å². The maximum atomic E-state index is 10.2. The fraction of sp³-hybridized carbons (Fsp3) is 0.889. The van der Waals surface area contributed by atoms with Crippen molar-refractivity contribution < 1.29 is 24.8 Å². The van der Waals surface area contributed by atoms with Gasteiger partial charge in [-0.1, -0.05) is 0 Å². The van der Waals surface area contributed by atoms with Crippen molar-refractivity contribution >= 4 is 5.97 Å². The van der Waals surface area contributed by atoms with E-state index < -0.39 is 5.97 Å². The predicted molar refractivity (Wildman–Crippen MR) is 47.8 cm³/mol. The summed E-state index contributed by atoms with van der Waals surface area (Å²) in [6, 6.07) is 0. The third-order valence-corrected chi connectivity index (χ3v) is 2.81. The number of hydrogen-bond donors (Lipinski definition) is 3. The number of piperazine rings is 1. The summed E-state index contributed by atoms with van der Waals surface area (Å²) in [5.41, 5.74) is 0. The van der Waals surface area contributed by atoms with Gasteiger partial charge in [-0.15, -0.1) is 0 Å². The summed E-state index contributed by atoms with van der Waals surface area (Å²) < 4.78 is 0. The van der Waals surface area contributed by atoms with Crippen molar-refractivity contribution in [3.05, 3.63) is 0 Å². The van der Waals surface area contributed by atoms with Crippen molar-refractivity contribution in [1.82, 2.24) is 0 Å². The number of carboxylic acid groups (broad SMARTS) is 1. The van der Waals surface area contributed by atoms with E-state index in [2.05, 4.69) is 0 Å². The van der Waals surface area contributed by atoms with Crippen LogP contribution in [0, 0.1) is 0 Å². The van der Waals surface area contributed by atoms with Gasteiger partial charge >= 0.3 is 0 Å². The Morgan fingerprint density at radius 1 is 1.14 bits per heavy atom. The number of nitrogens with one attached hydrogen (secondary N) is 2. The lowest BCUT2D eigenvalue weighted by Crippen LogP contribution is -3.28. The molecular formula is C9H19N2O3+.